The Hall–Kier alpha value is -3.93. The maximum absolute atomic E-state index is 12.9. The van der Waals surface area contributed by atoms with Crippen molar-refractivity contribution < 1.29 is 4.79 Å². The van der Waals surface area contributed by atoms with Gasteiger partial charge in [-0.2, -0.15) is 0 Å². The Morgan fingerprint density at radius 1 is 0.967 bits per heavy atom. The molecule has 0 spiro atoms. The number of amides is 1. The molecule has 0 aliphatic rings. The number of aromatic amines is 1. The standard InChI is InChI=1S/C24H20N4O2/c1-15(24-26-18-10-4-5-11-19(18)27-24)25-22(29)14-28-20-12-6-2-8-16(20)23(30)17-9-3-7-13-21(17)28/h2-13,15H,14H2,1H3,(H,25,29)(H,26,27)/t15-/m0/s1. The largest absolute Gasteiger partial charge is 0.345 e. The van der Waals surface area contributed by atoms with Crippen LogP contribution in [0, 0.1) is 0 Å². The van der Waals surface area contributed by atoms with Gasteiger partial charge >= 0.3 is 0 Å². The predicted octanol–water partition coefficient (Wildman–Crippen LogP) is 3.91. The van der Waals surface area contributed by atoms with Crippen molar-refractivity contribution in [2.24, 2.45) is 0 Å². The van der Waals surface area contributed by atoms with Gasteiger partial charge in [-0.05, 0) is 43.3 Å². The summed E-state index contributed by atoms with van der Waals surface area (Å²) < 4.78 is 1.90. The number of nitrogens with one attached hydrogen (secondary N) is 2. The fraction of sp³-hybridized carbons (Fsp3) is 0.125. The second-order valence-corrected chi connectivity index (χ2v) is 7.38. The molecule has 0 saturated heterocycles. The number of benzene rings is 3. The van der Waals surface area contributed by atoms with E-state index in [-0.39, 0.29) is 23.9 Å². The number of fused-ring (bicyclic) bond motifs is 3. The van der Waals surface area contributed by atoms with Crippen LogP contribution in [0.1, 0.15) is 18.8 Å². The quantitative estimate of drug-likeness (QED) is 0.452. The minimum Gasteiger partial charge on any atom is -0.345 e. The molecule has 6 nitrogen and oxygen atoms in total. The molecule has 30 heavy (non-hydrogen) atoms. The zero-order chi connectivity index (χ0) is 20.7. The van der Waals surface area contributed by atoms with E-state index in [2.05, 4.69) is 15.3 Å². The first-order valence-electron chi connectivity index (χ1n) is 9.86. The van der Waals surface area contributed by atoms with Gasteiger partial charge in [-0.25, -0.2) is 4.98 Å². The number of para-hydroxylation sites is 4. The van der Waals surface area contributed by atoms with E-state index in [1.54, 1.807) is 12.1 Å². The van der Waals surface area contributed by atoms with E-state index in [1.165, 1.54) is 0 Å². The molecular weight excluding hydrogens is 376 g/mol. The summed E-state index contributed by atoms with van der Waals surface area (Å²) in [5.74, 6) is 0.557. The van der Waals surface area contributed by atoms with Crippen LogP contribution < -0.4 is 10.7 Å². The number of hydrogen-bond donors (Lipinski definition) is 2. The summed E-state index contributed by atoms with van der Waals surface area (Å²) in [5, 5.41) is 4.23. The summed E-state index contributed by atoms with van der Waals surface area (Å²) in [6.45, 7) is 2.00. The van der Waals surface area contributed by atoms with Gasteiger partial charge in [0.15, 0.2) is 5.43 Å². The van der Waals surface area contributed by atoms with Crippen LogP contribution in [0.4, 0.5) is 0 Å². The molecule has 6 heteroatoms. The molecule has 0 fully saturated rings. The van der Waals surface area contributed by atoms with Crippen molar-refractivity contribution in [1.82, 2.24) is 19.9 Å². The summed E-state index contributed by atoms with van der Waals surface area (Å²) in [7, 11) is 0. The third-order valence-corrected chi connectivity index (χ3v) is 5.38. The van der Waals surface area contributed by atoms with Crippen molar-refractivity contribution >= 4 is 38.7 Å². The van der Waals surface area contributed by atoms with Gasteiger partial charge < -0.3 is 14.9 Å². The van der Waals surface area contributed by atoms with E-state index < -0.39 is 0 Å². The molecule has 2 N–H and O–H groups in total. The Morgan fingerprint density at radius 3 is 2.23 bits per heavy atom. The number of carbonyl (C=O) groups excluding carboxylic acids is 1. The first kappa shape index (κ1) is 18.1. The molecular formula is C24H20N4O2. The highest BCUT2D eigenvalue weighted by molar-refractivity contribution is 5.94. The summed E-state index contributed by atoms with van der Waals surface area (Å²) in [6.07, 6.45) is 0. The number of H-pyrrole nitrogens is 1. The fourth-order valence-corrected chi connectivity index (χ4v) is 3.92. The summed E-state index contributed by atoms with van der Waals surface area (Å²) in [6, 6.07) is 22.3. The van der Waals surface area contributed by atoms with Gasteiger partial charge in [0, 0.05) is 10.8 Å². The molecule has 0 aliphatic carbocycles. The number of nitrogens with zero attached hydrogens (tertiary/aromatic N) is 2. The van der Waals surface area contributed by atoms with Crippen LogP contribution >= 0.6 is 0 Å². The van der Waals surface area contributed by atoms with Crippen molar-refractivity contribution in [3.63, 3.8) is 0 Å². The van der Waals surface area contributed by atoms with Crippen LogP contribution in [0.2, 0.25) is 0 Å². The highest BCUT2D eigenvalue weighted by atomic mass is 16.2. The smallest absolute Gasteiger partial charge is 0.240 e. The number of hydrogen-bond acceptors (Lipinski definition) is 3. The van der Waals surface area contributed by atoms with Crippen molar-refractivity contribution in [2.75, 3.05) is 0 Å². The average Bonchev–Trinajstić information content (AvgIpc) is 3.21. The van der Waals surface area contributed by atoms with Gasteiger partial charge in [-0.1, -0.05) is 36.4 Å². The monoisotopic (exact) mass is 396 g/mol. The molecule has 0 aliphatic heterocycles. The van der Waals surface area contributed by atoms with Crippen LogP contribution in [-0.4, -0.2) is 20.4 Å². The zero-order valence-electron chi connectivity index (χ0n) is 16.4. The van der Waals surface area contributed by atoms with Gasteiger partial charge in [-0.3, -0.25) is 9.59 Å². The Bertz CT molecular complexity index is 1370. The Morgan fingerprint density at radius 2 is 1.57 bits per heavy atom. The van der Waals surface area contributed by atoms with Crippen molar-refractivity contribution in [3.8, 4) is 0 Å². The van der Waals surface area contributed by atoms with Crippen LogP contribution in [0.5, 0.6) is 0 Å². The van der Waals surface area contributed by atoms with Crippen LogP contribution in [0.15, 0.2) is 77.6 Å². The molecule has 0 saturated carbocycles. The van der Waals surface area contributed by atoms with E-state index in [0.717, 1.165) is 22.1 Å². The maximum Gasteiger partial charge on any atom is 0.240 e. The molecule has 1 atom stereocenters. The SMILES string of the molecule is C[C@H](NC(=O)Cn1c2ccccc2c(=O)c2ccccc21)c1nc2ccccc2[nH]1. The normalized spacial score (nSPS) is 12.4. The number of aromatic nitrogens is 3. The minimum atomic E-state index is -0.276. The molecule has 5 aromatic rings. The van der Waals surface area contributed by atoms with Gasteiger partial charge in [0.1, 0.15) is 12.4 Å². The lowest BCUT2D eigenvalue weighted by Crippen LogP contribution is -2.31. The second-order valence-electron chi connectivity index (χ2n) is 7.38. The maximum atomic E-state index is 12.9. The number of imidazole rings is 1. The number of pyridine rings is 1. The molecule has 3 aromatic carbocycles. The van der Waals surface area contributed by atoms with Crippen LogP contribution in [0.3, 0.4) is 0 Å². The molecule has 2 heterocycles. The highest BCUT2D eigenvalue weighted by Gasteiger charge is 2.16. The molecule has 0 radical (unpaired) electrons. The molecule has 0 unspecified atom stereocenters. The van der Waals surface area contributed by atoms with E-state index in [1.807, 2.05) is 72.2 Å². The average molecular weight is 396 g/mol. The van der Waals surface area contributed by atoms with E-state index in [0.29, 0.717) is 16.6 Å². The molecule has 2 aromatic heterocycles. The molecule has 1 amide bonds. The third kappa shape index (κ3) is 3.03. The van der Waals surface area contributed by atoms with Crippen molar-refractivity contribution in [3.05, 3.63) is 88.8 Å². The van der Waals surface area contributed by atoms with Gasteiger partial charge in [0.2, 0.25) is 5.91 Å². The van der Waals surface area contributed by atoms with E-state index in [4.69, 9.17) is 0 Å². The summed E-state index contributed by atoms with van der Waals surface area (Å²) >= 11 is 0. The Labute approximate surface area is 172 Å². The summed E-state index contributed by atoms with van der Waals surface area (Å²) in [4.78, 5) is 33.6. The van der Waals surface area contributed by atoms with Gasteiger partial charge in [-0.15, -0.1) is 0 Å². The lowest BCUT2D eigenvalue weighted by atomic mass is 10.1. The van der Waals surface area contributed by atoms with Gasteiger partial charge in [0.25, 0.3) is 0 Å². The molecule has 5 rings (SSSR count). The van der Waals surface area contributed by atoms with Crippen molar-refractivity contribution in [2.45, 2.75) is 19.5 Å². The first-order valence-corrected chi connectivity index (χ1v) is 9.86. The topological polar surface area (TPSA) is 79.8 Å². The minimum absolute atomic E-state index is 0.0199. The number of rotatable bonds is 4. The van der Waals surface area contributed by atoms with Gasteiger partial charge in [0.05, 0.1) is 28.1 Å². The lowest BCUT2D eigenvalue weighted by Gasteiger charge is -2.17. The predicted molar refractivity (Wildman–Crippen MR) is 118 cm³/mol. The lowest BCUT2D eigenvalue weighted by molar-refractivity contribution is -0.122. The first-order chi connectivity index (χ1) is 14.6. The fourth-order valence-electron chi connectivity index (χ4n) is 3.92. The Kier molecular flexibility index (Phi) is 4.32. The zero-order valence-corrected chi connectivity index (χ0v) is 16.4. The summed E-state index contributed by atoms with van der Waals surface area (Å²) in [5.41, 5.74) is 3.27. The third-order valence-electron chi connectivity index (χ3n) is 5.38. The van der Waals surface area contributed by atoms with Crippen LogP contribution in [-0.2, 0) is 11.3 Å². The molecule has 148 valence electrons. The Balaban J connectivity index is 1.49. The van der Waals surface area contributed by atoms with Crippen LogP contribution in [0.25, 0.3) is 32.8 Å². The number of carbonyl (C=O) groups is 1. The molecule has 0 bridgehead atoms. The second kappa shape index (κ2) is 7.15. The van der Waals surface area contributed by atoms with E-state index >= 15 is 0 Å². The highest BCUT2D eigenvalue weighted by Crippen LogP contribution is 2.20. The van der Waals surface area contributed by atoms with E-state index in [9.17, 15) is 9.59 Å². The van der Waals surface area contributed by atoms with Crippen molar-refractivity contribution in [1.29, 1.82) is 0 Å².